The minimum absolute atomic E-state index is 0.429. The van der Waals surface area contributed by atoms with Gasteiger partial charge in [0.05, 0.1) is 0 Å². The first kappa shape index (κ1) is 14.5. The third-order valence-corrected chi connectivity index (χ3v) is 4.54. The largest absolute Gasteiger partial charge is 0.312 e. The number of aryl methyl sites for hydroxylation is 1. The first-order valence-corrected chi connectivity index (χ1v) is 7.66. The summed E-state index contributed by atoms with van der Waals surface area (Å²) in [6.45, 7) is 6.83. The molecule has 1 fully saturated rings. The highest BCUT2D eigenvalue weighted by atomic mass is 14.9. The number of rotatable bonds is 5. The van der Waals surface area contributed by atoms with E-state index in [1.807, 2.05) is 6.20 Å². The molecule has 0 bridgehead atoms. The van der Waals surface area contributed by atoms with Crippen molar-refractivity contribution in [2.24, 2.45) is 11.3 Å². The van der Waals surface area contributed by atoms with Crippen LogP contribution in [0.25, 0.3) is 0 Å². The lowest BCUT2D eigenvalue weighted by Gasteiger charge is -2.39. The van der Waals surface area contributed by atoms with E-state index < -0.39 is 0 Å². The third-order valence-electron chi connectivity index (χ3n) is 4.54. The van der Waals surface area contributed by atoms with E-state index in [1.54, 1.807) is 0 Å². The van der Waals surface area contributed by atoms with Crippen LogP contribution in [0.2, 0.25) is 0 Å². The summed E-state index contributed by atoms with van der Waals surface area (Å²) in [5.74, 6) is 0.756. The Balaban J connectivity index is 2.32. The van der Waals surface area contributed by atoms with Gasteiger partial charge in [-0.25, -0.2) is 0 Å². The molecule has 1 aliphatic rings. The molecule has 19 heavy (non-hydrogen) atoms. The Bertz CT molecular complexity index is 405. The monoisotopic (exact) mass is 260 g/mol. The average Bonchev–Trinajstić information content (AvgIpc) is 2.78. The second-order valence-corrected chi connectivity index (χ2v) is 6.68. The average molecular weight is 260 g/mol. The number of aromatic nitrogens is 1. The molecule has 0 saturated heterocycles. The summed E-state index contributed by atoms with van der Waals surface area (Å²) in [7, 11) is 2.10. The van der Waals surface area contributed by atoms with Crippen LogP contribution < -0.4 is 5.32 Å². The smallest absolute Gasteiger partial charge is 0.0390 e. The number of nitrogens with one attached hydrogen (secondary N) is 1. The van der Waals surface area contributed by atoms with Crippen molar-refractivity contribution in [1.82, 2.24) is 10.3 Å². The van der Waals surface area contributed by atoms with E-state index in [4.69, 9.17) is 0 Å². The van der Waals surface area contributed by atoms with Crippen molar-refractivity contribution in [1.29, 1.82) is 0 Å². The molecule has 1 aromatic heterocycles. The number of pyridine rings is 1. The normalized spacial score (nSPS) is 19.8. The maximum Gasteiger partial charge on any atom is 0.0390 e. The van der Waals surface area contributed by atoms with E-state index in [1.165, 1.54) is 43.2 Å². The molecule has 2 rings (SSSR count). The highest BCUT2D eigenvalue weighted by Crippen LogP contribution is 2.51. The Kier molecular flexibility index (Phi) is 4.62. The summed E-state index contributed by atoms with van der Waals surface area (Å²) in [4.78, 5) is 4.39. The lowest BCUT2D eigenvalue weighted by molar-refractivity contribution is 0.161. The molecule has 0 radical (unpaired) electrons. The molecule has 106 valence electrons. The van der Waals surface area contributed by atoms with E-state index in [0.29, 0.717) is 11.5 Å². The summed E-state index contributed by atoms with van der Waals surface area (Å²) in [5.41, 5.74) is 3.05. The third kappa shape index (κ3) is 3.17. The van der Waals surface area contributed by atoms with Crippen molar-refractivity contribution in [2.75, 3.05) is 7.05 Å². The molecule has 0 aromatic carbocycles. The molecule has 1 aromatic rings. The predicted molar refractivity (Wildman–Crippen MR) is 81.1 cm³/mol. The molecule has 1 unspecified atom stereocenters. The van der Waals surface area contributed by atoms with Gasteiger partial charge in [-0.15, -0.1) is 0 Å². The Morgan fingerprint density at radius 3 is 2.47 bits per heavy atom. The van der Waals surface area contributed by atoms with Crippen LogP contribution in [0.15, 0.2) is 18.5 Å². The fourth-order valence-corrected chi connectivity index (χ4v) is 4.07. The van der Waals surface area contributed by atoms with Crippen LogP contribution in [-0.4, -0.2) is 12.0 Å². The van der Waals surface area contributed by atoms with Crippen molar-refractivity contribution in [3.8, 4) is 0 Å². The maximum atomic E-state index is 4.39. The fraction of sp³-hybridized carbons (Fsp3) is 0.706. The van der Waals surface area contributed by atoms with E-state index in [0.717, 1.165) is 5.92 Å². The molecular weight excluding hydrogens is 232 g/mol. The molecule has 1 aliphatic carbocycles. The fourth-order valence-electron chi connectivity index (χ4n) is 4.07. The second-order valence-electron chi connectivity index (χ2n) is 6.68. The van der Waals surface area contributed by atoms with Crippen LogP contribution in [0, 0.1) is 18.3 Å². The molecule has 0 amide bonds. The van der Waals surface area contributed by atoms with Gasteiger partial charge in [0.2, 0.25) is 0 Å². The van der Waals surface area contributed by atoms with Gasteiger partial charge in [0, 0.05) is 18.4 Å². The maximum absolute atomic E-state index is 4.39. The summed E-state index contributed by atoms with van der Waals surface area (Å²) < 4.78 is 0. The van der Waals surface area contributed by atoms with Gasteiger partial charge >= 0.3 is 0 Å². The van der Waals surface area contributed by atoms with E-state index >= 15 is 0 Å². The predicted octanol–water partition coefficient (Wildman–Crippen LogP) is 4.26. The van der Waals surface area contributed by atoms with Gasteiger partial charge in [0.25, 0.3) is 0 Å². The molecule has 0 aliphatic heterocycles. The van der Waals surface area contributed by atoms with Crippen LogP contribution in [-0.2, 0) is 0 Å². The van der Waals surface area contributed by atoms with Gasteiger partial charge in [-0.05, 0) is 55.7 Å². The minimum Gasteiger partial charge on any atom is -0.312 e. The topological polar surface area (TPSA) is 24.9 Å². The standard InChI is InChI=1S/C17H28N2/c1-13(2)10-17(7-5-6-8-17)16(18-4)15-9-14(3)11-19-12-15/h9,11-13,16,18H,5-8,10H2,1-4H3. The molecule has 1 heterocycles. The quantitative estimate of drug-likeness (QED) is 0.855. The Hall–Kier alpha value is -0.890. The van der Waals surface area contributed by atoms with E-state index in [2.05, 4.69) is 50.4 Å². The number of hydrogen-bond donors (Lipinski definition) is 1. The molecule has 1 atom stereocenters. The molecule has 0 spiro atoms. The number of nitrogens with zero attached hydrogens (tertiary/aromatic N) is 1. The van der Waals surface area contributed by atoms with Crippen LogP contribution >= 0.6 is 0 Å². The second kappa shape index (κ2) is 6.04. The van der Waals surface area contributed by atoms with Gasteiger partial charge in [0.15, 0.2) is 0 Å². The van der Waals surface area contributed by atoms with Crippen molar-refractivity contribution in [2.45, 2.75) is 58.9 Å². The summed E-state index contributed by atoms with van der Waals surface area (Å²) in [6, 6.07) is 2.75. The first-order valence-electron chi connectivity index (χ1n) is 7.66. The molecule has 2 nitrogen and oxygen atoms in total. The van der Waals surface area contributed by atoms with Crippen LogP contribution in [0.5, 0.6) is 0 Å². The van der Waals surface area contributed by atoms with Crippen LogP contribution in [0.3, 0.4) is 0 Å². The van der Waals surface area contributed by atoms with Gasteiger partial charge < -0.3 is 5.32 Å². The minimum atomic E-state index is 0.429. The van der Waals surface area contributed by atoms with Gasteiger partial charge in [0.1, 0.15) is 0 Å². The van der Waals surface area contributed by atoms with Gasteiger partial charge in [-0.3, -0.25) is 4.98 Å². The highest BCUT2D eigenvalue weighted by molar-refractivity contribution is 5.23. The van der Waals surface area contributed by atoms with Crippen molar-refractivity contribution in [3.05, 3.63) is 29.6 Å². The van der Waals surface area contributed by atoms with Crippen molar-refractivity contribution >= 4 is 0 Å². The Labute approximate surface area is 118 Å². The summed E-state index contributed by atoms with van der Waals surface area (Å²) >= 11 is 0. The van der Waals surface area contributed by atoms with Crippen molar-refractivity contribution in [3.63, 3.8) is 0 Å². The van der Waals surface area contributed by atoms with Crippen molar-refractivity contribution < 1.29 is 0 Å². The highest BCUT2D eigenvalue weighted by Gasteiger charge is 2.41. The van der Waals surface area contributed by atoms with Crippen LogP contribution in [0.4, 0.5) is 0 Å². The molecular formula is C17H28N2. The van der Waals surface area contributed by atoms with Crippen LogP contribution in [0.1, 0.15) is 63.1 Å². The number of hydrogen-bond acceptors (Lipinski definition) is 2. The zero-order chi connectivity index (χ0) is 13.9. The molecule has 2 heteroatoms. The SMILES string of the molecule is CNC(c1cncc(C)c1)C1(CC(C)C)CCCC1. The lowest BCUT2D eigenvalue weighted by atomic mass is 9.70. The lowest BCUT2D eigenvalue weighted by Crippen LogP contribution is -2.36. The molecule has 1 N–H and O–H groups in total. The Morgan fingerprint density at radius 1 is 1.26 bits per heavy atom. The summed E-state index contributed by atoms with van der Waals surface area (Å²) in [6.07, 6.45) is 10.8. The van der Waals surface area contributed by atoms with E-state index in [-0.39, 0.29) is 0 Å². The van der Waals surface area contributed by atoms with Gasteiger partial charge in [-0.2, -0.15) is 0 Å². The summed E-state index contributed by atoms with van der Waals surface area (Å²) in [5, 5.41) is 3.59. The van der Waals surface area contributed by atoms with E-state index in [9.17, 15) is 0 Å². The zero-order valence-electron chi connectivity index (χ0n) is 12.9. The van der Waals surface area contributed by atoms with Gasteiger partial charge in [-0.1, -0.05) is 32.8 Å². The Morgan fingerprint density at radius 2 is 1.95 bits per heavy atom. The zero-order valence-corrected chi connectivity index (χ0v) is 12.9. The first-order chi connectivity index (χ1) is 9.07. The molecule has 1 saturated carbocycles.